The van der Waals surface area contributed by atoms with Crippen molar-refractivity contribution < 1.29 is 97.9 Å². The van der Waals surface area contributed by atoms with E-state index >= 15 is 0 Å². The Morgan fingerprint density at radius 3 is 0.596 bits per heavy atom. The smallest absolute Gasteiger partial charge is 0.309 e. The molecular weight excluding hydrogens is 1710 g/mol. The lowest BCUT2D eigenvalue weighted by Crippen LogP contribution is -2.54. The fraction of sp³-hybridized carbons (Fsp3) is 0.552. The van der Waals surface area contributed by atoms with Gasteiger partial charge >= 0.3 is 23.9 Å². The molecule has 20 atom stereocenters. The van der Waals surface area contributed by atoms with Gasteiger partial charge in [-0.05, 0) is 318 Å². The van der Waals surface area contributed by atoms with E-state index in [1.165, 1.54) is 49.9 Å². The van der Waals surface area contributed by atoms with Crippen LogP contribution in [0, 0.1) is 94.7 Å². The number of ether oxygens (including phenoxy) is 8. The number of hydrogen-bond donors (Lipinski definition) is 8. The van der Waals surface area contributed by atoms with Gasteiger partial charge in [0, 0.05) is 92.4 Å². The quantitative estimate of drug-likeness (QED) is 0.0167. The lowest BCUT2D eigenvalue weighted by Gasteiger charge is -2.53. The van der Waals surface area contributed by atoms with E-state index in [1.807, 2.05) is 0 Å². The number of carbonyl (C=O) groups is 4. The summed E-state index contributed by atoms with van der Waals surface area (Å²) in [6.07, 6.45) is 19.9. The standard InChI is InChI=1S/C116H144O20/c1-13-113(69(9)49-73-41-65(5)45-81(113)53-73)133-105(125)33-37-129-85-25-17-77(18-26-85)109-89-57-91(99(119)61-97(89)117)110(78-19-27-86(28-20-78)130-38-34-106(126)134-114(14-2)70(10)50-74-42-66(6)46-82(114)54-74)93-59-95(103(123)63-101(93)121)112(80-23-31-88(32-24-80)132-40-36-108(128)136-116(16-4)72(12)52-76-44-68(8)48-84(116)56-76)96-60-94(102(122)64-104(96)124)111(92-58-90(109)98(118)62-100(92)120)79-21-29-87(30-22-79)131-39-35-107(127)135-115(15-3)71(11)51-75-43-67(7)47-83(115)55-75/h17-32,57-76,81-84,109-112,117-124H,13-16,33-56H2,1-12H3. The fourth-order valence-electron chi connectivity index (χ4n) is 28.8. The van der Waals surface area contributed by atoms with E-state index in [-0.39, 0.29) is 168 Å². The molecule has 8 saturated carbocycles. The average Bonchev–Trinajstić information content (AvgIpc) is 0.751. The Morgan fingerprint density at radius 2 is 0.426 bits per heavy atom. The summed E-state index contributed by atoms with van der Waals surface area (Å²) in [4.78, 5) is 56.4. The van der Waals surface area contributed by atoms with E-state index in [4.69, 9.17) is 37.9 Å². The fourth-order valence-corrected chi connectivity index (χ4v) is 28.8. The Morgan fingerprint density at radius 1 is 0.250 bits per heavy atom. The van der Waals surface area contributed by atoms with E-state index in [1.54, 1.807) is 121 Å². The Kier molecular flexibility index (Phi) is 28.5. The third kappa shape index (κ3) is 19.3. The van der Waals surface area contributed by atoms with Crippen LogP contribution in [0.1, 0.15) is 328 Å². The van der Waals surface area contributed by atoms with Crippen LogP contribution in [0.4, 0.5) is 0 Å². The van der Waals surface area contributed by atoms with Gasteiger partial charge in [-0.15, -0.1) is 0 Å². The maximum absolute atomic E-state index is 14.1. The van der Waals surface area contributed by atoms with E-state index in [9.17, 15) is 60.0 Å². The Labute approximate surface area is 803 Å². The van der Waals surface area contributed by atoms with Gasteiger partial charge in [-0.25, -0.2) is 0 Å². The molecule has 16 bridgehead atoms. The molecule has 20 unspecified atom stereocenters. The Hall–Kier alpha value is -10.8. The van der Waals surface area contributed by atoms with Crippen LogP contribution in [0.5, 0.6) is 69.0 Å². The van der Waals surface area contributed by atoms with Gasteiger partial charge in [0.2, 0.25) is 0 Å². The van der Waals surface area contributed by atoms with Crippen molar-refractivity contribution in [2.45, 2.75) is 283 Å². The second kappa shape index (κ2) is 40.0. The summed E-state index contributed by atoms with van der Waals surface area (Å²) in [7, 11) is 0. The van der Waals surface area contributed by atoms with Crippen molar-refractivity contribution in [3.8, 4) is 69.0 Å². The van der Waals surface area contributed by atoms with E-state index in [0.717, 1.165) is 103 Å². The van der Waals surface area contributed by atoms with Gasteiger partial charge in [-0.3, -0.25) is 19.2 Å². The molecule has 0 saturated heterocycles. The molecule has 728 valence electrons. The van der Waals surface area contributed by atoms with Crippen LogP contribution in [0.15, 0.2) is 146 Å². The summed E-state index contributed by atoms with van der Waals surface area (Å²) in [5.41, 5.74) is 0.497. The van der Waals surface area contributed by atoms with Gasteiger partial charge in [0.05, 0.1) is 52.1 Å². The van der Waals surface area contributed by atoms with E-state index < -0.39 is 92.1 Å². The average molecular weight is 1860 g/mol. The number of esters is 4. The number of aromatic hydroxyl groups is 8. The van der Waals surface area contributed by atoms with Crippen molar-refractivity contribution in [1.29, 1.82) is 0 Å². The van der Waals surface area contributed by atoms with E-state index in [2.05, 4.69) is 83.1 Å². The maximum atomic E-state index is 14.1. The van der Waals surface area contributed by atoms with Crippen LogP contribution in [-0.2, 0) is 38.1 Å². The van der Waals surface area contributed by atoms with Gasteiger partial charge in [-0.1, -0.05) is 132 Å². The third-order valence-corrected chi connectivity index (χ3v) is 34.8. The first-order chi connectivity index (χ1) is 65.2. The molecule has 8 aromatic rings. The molecule has 20 nitrogen and oxygen atoms in total. The van der Waals surface area contributed by atoms with Gasteiger partial charge in [0.15, 0.2) is 0 Å². The largest absolute Gasteiger partial charge is 0.507 e. The second-order valence-corrected chi connectivity index (χ2v) is 43.5. The molecule has 8 fully saturated rings. The number of carbonyl (C=O) groups excluding carboxylic acids is 4. The van der Waals surface area contributed by atoms with Crippen LogP contribution in [0.2, 0.25) is 0 Å². The Bertz CT molecular complexity index is 4810. The summed E-state index contributed by atoms with van der Waals surface area (Å²) in [6.45, 7) is 26.5. The molecule has 8 aromatic carbocycles. The number of benzene rings is 8. The Balaban J connectivity index is 0.757. The molecule has 0 spiro atoms. The molecule has 0 amide bonds. The molecule has 9 aliphatic rings. The van der Waals surface area contributed by atoms with Crippen molar-refractivity contribution in [2.24, 2.45) is 94.7 Å². The number of phenols is 8. The third-order valence-electron chi connectivity index (χ3n) is 34.8. The van der Waals surface area contributed by atoms with Crippen LogP contribution >= 0.6 is 0 Å². The first-order valence-corrected chi connectivity index (χ1v) is 51.2. The highest BCUT2D eigenvalue weighted by Gasteiger charge is 2.57. The minimum atomic E-state index is -1.22. The zero-order valence-corrected chi connectivity index (χ0v) is 81.7. The zero-order chi connectivity index (χ0) is 96.1. The van der Waals surface area contributed by atoms with Crippen molar-refractivity contribution in [3.63, 3.8) is 0 Å². The van der Waals surface area contributed by atoms with Gasteiger partial charge in [0.25, 0.3) is 0 Å². The number of fused-ring (bicyclic) bond motifs is 16. The zero-order valence-electron chi connectivity index (χ0n) is 81.7. The van der Waals surface area contributed by atoms with Gasteiger partial charge < -0.3 is 78.7 Å². The minimum Gasteiger partial charge on any atom is -0.507 e. The molecule has 17 rings (SSSR count). The second-order valence-electron chi connectivity index (χ2n) is 43.5. The number of rotatable bonds is 28. The molecule has 8 N–H and O–H groups in total. The van der Waals surface area contributed by atoms with Crippen molar-refractivity contribution >= 4 is 23.9 Å². The van der Waals surface area contributed by atoms with Gasteiger partial charge in [-0.2, -0.15) is 0 Å². The lowest BCUT2D eigenvalue weighted by molar-refractivity contribution is -0.192. The highest BCUT2D eigenvalue weighted by atomic mass is 16.6. The maximum Gasteiger partial charge on any atom is 0.309 e. The number of phenolic OH excluding ortho intramolecular Hbond substituents is 8. The predicted octanol–water partition coefficient (Wildman–Crippen LogP) is 24.6. The van der Waals surface area contributed by atoms with Crippen molar-refractivity contribution in [2.75, 3.05) is 26.4 Å². The highest BCUT2D eigenvalue weighted by Crippen LogP contribution is 2.61. The van der Waals surface area contributed by atoms with Crippen LogP contribution in [-0.4, -0.2) is 114 Å². The topological polar surface area (TPSA) is 304 Å². The van der Waals surface area contributed by atoms with Crippen molar-refractivity contribution in [3.05, 3.63) is 212 Å². The molecule has 0 heterocycles. The summed E-state index contributed by atoms with van der Waals surface area (Å²) in [5, 5.41) is 103. The minimum absolute atomic E-state index is 0.00619. The summed E-state index contributed by atoms with van der Waals surface area (Å²) >= 11 is 0. The molecule has 20 heteroatoms. The molecule has 0 aromatic heterocycles. The van der Waals surface area contributed by atoms with Gasteiger partial charge in [0.1, 0.15) is 91.4 Å². The molecule has 0 radical (unpaired) electrons. The first kappa shape index (κ1) is 96.9. The SMILES string of the molecule is CCC1(OC(=O)CCOc2ccc(C3c4cc(c(O)cc4O)C(c4ccc(OCCC(=O)OC5(CC)C(C)CC6CC(C)CC5C6)cc4)c4cc(c(O)cc4O)C(c4ccc(OCCC(=O)OC5(CC)C(C)CC6CC(C)CC5C6)cc4)c4cc(c(O)cc4O)C(c4ccc(OCCC(=O)OC5(CC)C(C)CC6CC(C)CC5C6)cc4)c4cc3c(O)cc4O)cc2)C(C)CC2CC(C)CC1C2. The summed E-state index contributed by atoms with van der Waals surface area (Å²) in [5.74, 6) is -1.48. The highest BCUT2D eigenvalue weighted by molar-refractivity contribution is 5.73. The van der Waals surface area contributed by atoms with Crippen LogP contribution in [0.25, 0.3) is 0 Å². The predicted molar refractivity (Wildman–Crippen MR) is 521 cm³/mol. The molecular formula is C116H144O20. The van der Waals surface area contributed by atoms with Crippen molar-refractivity contribution in [1.82, 2.24) is 0 Å². The monoisotopic (exact) mass is 1860 g/mol. The number of hydrogen-bond acceptors (Lipinski definition) is 20. The van der Waals surface area contributed by atoms with Crippen LogP contribution in [0.3, 0.4) is 0 Å². The molecule has 136 heavy (non-hydrogen) atoms. The molecule has 9 aliphatic carbocycles. The van der Waals surface area contributed by atoms with Crippen LogP contribution < -0.4 is 18.9 Å². The summed E-state index contributed by atoms with van der Waals surface area (Å²) < 4.78 is 52.0. The normalized spacial score (nSPS) is 31.4. The first-order valence-electron chi connectivity index (χ1n) is 51.2. The van der Waals surface area contributed by atoms with E-state index in [0.29, 0.717) is 92.6 Å². The lowest BCUT2D eigenvalue weighted by atomic mass is 9.57. The molecule has 0 aliphatic heterocycles. The summed E-state index contributed by atoms with van der Waals surface area (Å²) in [6, 6.07) is 39.1.